The fourth-order valence-corrected chi connectivity index (χ4v) is 4.90. The van der Waals surface area contributed by atoms with Gasteiger partial charge < -0.3 is 14.2 Å². The smallest absolute Gasteiger partial charge is 0.327 e. The number of esters is 1. The van der Waals surface area contributed by atoms with Crippen molar-refractivity contribution in [3.8, 4) is 0 Å². The third kappa shape index (κ3) is 3.65. The predicted molar refractivity (Wildman–Crippen MR) is 119 cm³/mol. The van der Waals surface area contributed by atoms with Crippen LogP contribution in [-0.2, 0) is 33.8 Å². The number of aromatic nitrogens is 1. The molecule has 2 aliphatic rings. The monoisotopic (exact) mass is 449 g/mol. The molecule has 1 saturated heterocycles. The molecule has 1 atom stereocenters. The van der Waals surface area contributed by atoms with Crippen LogP contribution in [0.2, 0.25) is 0 Å². The van der Waals surface area contributed by atoms with Gasteiger partial charge in [-0.1, -0.05) is 30.3 Å². The number of fused-ring (bicyclic) bond motifs is 4. The van der Waals surface area contributed by atoms with Gasteiger partial charge in [-0.05, 0) is 35.7 Å². The van der Waals surface area contributed by atoms with Gasteiger partial charge >= 0.3 is 12.0 Å². The summed E-state index contributed by atoms with van der Waals surface area (Å²) in [5.41, 5.74) is 4.05. The highest BCUT2D eigenvalue weighted by Crippen LogP contribution is 2.36. The van der Waals surface area contributed by atoms with Gasteiger partial charge in [-0.25, -0.2) is 9.18 Å². The number of ether oxygens (including phenoxy) is 1. The van der Waals surface area contributed by atoms with Crippen LogP contribution in [0, 0.1) is 5.82 Å². The average Bonchev–Trinajstić information content (AvgIpc) is 3.26. The number of urea groups is 1. The topological polar surface area (TPSA) is 71.8 Å². The molecule has 2 aromatic carbocycles. The van der Waals surface area contributed by atoms with Crippen molar-refractivity contribution in [3.63, 3.8) is 0 Å². The van der Waals surface area contributed by atoms with Crippen LogP contribution in [0.1, 0.15) is 29.7 Å². The number of carbonyl (C=O) groups is 3. The average molecular weight is 449 g/mol. The van der Waals surface area contributed by atoms with Gasteiger partial charge in [-0.15, -0.1) is 0 Å². The summed E-state index contributed by atoms with van der Waals surface area (Å²) in [6.45, 7) is 1.06. The van der Waals surface area contributed by atoms with Crippen molar-refractivity contribution < 1.29 is 23.5 Å². The lowest BCUT2D eigenvalue weighted by Crippen LogP contribution is -2.40. The summed E-state index contributed by atoms with van der Waals surface area (Å²) < 4.78 is 20.2. The number of carbonyl (C=O) groups excluding carboxylic acids is 3. The molecule has 0 saturated carbocycles. The maximum Gasteiger partial charge on any atom is 0.327 e. The van der Waals surface area contributed by atoms with Crippen molar-refractivity contribution in [3.05, 3.63) is 71.2 Å². The highest BCUT2D eigenvalue weighted by atomic mass is 19.1. The third-order valence-corrected chi connectivity index (χ3v) is 6.56. The Morgan fingerprint density at radius 2 is 1.88 bits per heavy atom. The number of methoxy groups -OCH3 is 1. The van der Waals surface area contributed by atoms with Crippen molar-refractivity contribution in [2.75, 3.05) is 13.7 Å². The Labute approximate surface area is 190 Å². The van der Waals surface area contributed by atoms with Gasteiger partial charge in [0.25, 0.3) is 5.91 Å². The zero-order valence-electron chi connectivity index (χ0n) is 18.3. The van der Waals surface area contributed by atoms with Crippen LogP contribution < -0.4 is 0 Å². The van der Waals surface area contributed by atoms with Crippen LogP contribution in [0.25, 0.3) is 10.9 Å². The first-order valence-corrected chi connectivity index (χ1v) is 11.0. The maximum atomic E-state index is 13.4. The number of para-hydroxylation sites is 1. The zero-order chi connectivity index (χ0) is 23.1. The summed E-state index contributed by atoms with van der Waals surface area (Å²) in [7, 11) is 1.32. The molecule has 1 aromatic heterocycles. The van der Waals surface area contributed by atoms with E-state index in [2.05, 4.69) is 9.30 Å². The van der Waals surface area contributed by atoms with E-state index in [1.54, 1.807) is 17.0 Å². The molecular formula is C25H24FN3O4. The van der Waals surface area contributed by atoms with Gasteiger partial charge in [0.1, 0.15) is 11.9 Å². The predicted octanol–water partition coefficient (Wildman–Crippen LogP) is 3.47. The number of benzene rings is 2. The molecule has 170 valence electrons. The Bertz CT molecular complexity index is 1250. The lowest BCUT2D eigenvalue weighted by Gasteiger charge is -2.28. The van der Waals surface area contributed by atoms with Gasteiger partial charge in [0.2, 0.25) is 0 Å². The number of halogens is 1. The van der Waals surface area contributed by atoms with Gasteiger partial charge in [0.05, 0.1) is 13.7 Å². The van der Waals surface area contributed by atoms with Crippen LogP contribution >= 0.6 is 0 Å². The van der Waals surface area contributed by atoms with Crippen LogP contribution in [0.15, 0.2) is 48.5 Å². The van der Waals surface area contributed by atoms with Crippen molar-refractivity contribution in [2.24, 2.45) is 0 Å². The van der Waals surface area contributed by atoms with E-state index in [0.717, 1.165) is 27.7 Å². The summed E-state index contributed by atoms with van der Waals surface area (Å²) in [5.74, 6) is -0.860. The first-order valence-electron chi connectivity index (χ1n) is 11.0. The standard InChI is InChI=1S/C25H24FN3O4/c1-33-23(30)7-4-12-27-24(31)21-13-19-18-5-2-3-6-20(18)28(22(19)15-29(21)25(27)32)14-16-8-10-17(26)11-9-16/h2-3,5-6,8-11,21H,4,7,12-15H2,1H3. The molecule has 3 heterocycles. The van der Waals surface area contributed by atoms with Crippen molar-refractivity contribution in [2.45, 2.75) is 38.4 Å². The van der Waals surface area contributed by atoms with E-state index in [9.17, 15) is 18.8 Å². The fourth-order valence-electron chi connectivity index (χ4n) is 4.90. The Kier molecular flexibility index (Phi) is 5.36. The number of hydrogen-bond donors (Lipinski definition) is 0. The number of nitrogens with zero attached hydrogens (tertiary/aromatic N) is 3. The van der Waals surface area contributed by atoms with E-state index in [1.807, 2.05) is 24.3 Å². The van der Waals surface area contributed by atoms with Crippen molar-refractivity contribution >= 4 is 28.8 Å². The number of hydrogen-bond acceptors (Lipinski definition) is 4. The zero-order valence-corrected chi connectivity index (χ0v) is 18.3. The SMILES string of the molecule is COC(=O)CCCN1C(=O)C2Cc3c(n(Cc4ccc(F)cc4)c4ccccc34)CN2C1=O. The second-order valence-corrected chi connectivity index (χ2v) is 8.45. The minimum absolute atomic E-state index is 0.159. The van der Waals surface area contributed by atoms with E-state index in [4.69, 9.17) is 0 Å². The van der Waals surface area contributed by atoms with E-state index in [0.29, 0.717) is 25.9 Å². The van der Waals surface area contributed by atoms with Crippen LogP contribution in [-0.4, -0.2) is 52.0 Å². The Morgan fingerprint density at radius 1 is 1.12 bits per heavy atom. The molecule has 0 radical (unpaired) electrons. The highest BCUT2D eigenvalue weighted by molar-refractivity contribution is 6.05. The molecule has 1 fully saturated rings. The normalized spacial score (nSPS) is 17.5. The second kappa shape index (κ2) is 8.35. The molecule has 3 aromatic rings. The number of amides is 3. The molecule has 0 spiro atoms. The van der Waals surface area contributed by atoms with E-state index in [1.165, 1.54) is 24.1 Å². The van der Waals surface area contributed by atoms with Crippen molar-refractivity contribution in [1.29, 1.82) is 0 Å². The minimum atomic E-state index is -0.534. The quantitative estimate of drug-likeness (QED) is 0.427. The summed E-state index contributed by atoms with van der Waals surface area (Å²) in [6, 6.07) is 13.6. The molecule has 3 amide bonds. The van der Waals surface area contributed by atoms with Crippen LogP contribution in [0.4, 0.5) is 9.18 Å². The van der Waals surface area contributed by atoms with Gasteiger partial charge in [0.15, 0.2) is 0 Å². The molecular weight excluding hydrogens is 425 g/mol. The summed E-state index contributed by atoms with van der Waals surface area (Å²) >= 11 is 0. The Morgan fingerprint density at radius 3 is 2.64 bits per heavy atom. The van der Waals surface area contributed by atoms with E-state index >= 15 is 0 Å². The lowest BCUT2D eigenvalue weighted by molar-refractivity contribution is -0.141. The van der Waals surface area contributed by atoms with Crippen molar-refractivity contribution in [1.82, 2.24) is 14.4 Å². The van der Waals surface area contributed by atoms with E-state index in [-0.39, 0.29) is 36.7 Å². The van der Waals surface area contributed by atoms with Crippen LogP contribution in [0.5, 0.6) is 0 Å². The summed E-state index contributed by atoms with van der Waals surface area (Å²) in [6.07, 6.45) is 0.980. The number of rotatable bonds is 6. The molecule has 5 rings (SSSR count). The molecule has 7 nitrogen and oxygen atoms in total. The minimum Gasteiger partial charge on any atom is -0.469 e. The molecule has 1 unspecified atom stereocenters. The fraction of sp³-hybridized carbons (Fsp3) is 0.320. The molecule has 0 aliphatic carbocycles. The maximum absolute atomic E-state index is 13.4. The largest absolute Gasteiger partial charge is 0.469 e. The summed E-state index contributed by atoms with van der Waals surface area (Å²) in [4.78, 5) is 40.5. The molecule has 0 bridgehead atoms. The van der Waals surface area contributed by atoms with Gasteiger partial charge in [-0.2, -0.15) is 0 Å². The van der Waals surface area contributed by atoms with E-state index < -0.39 is 6.04 Å². The van der Waals surface area contributed by atoms with Gasteiger partial charge in [-0.3, -0.25) is 14.5 Å². The lowest BCUT2D eigenvalue weighted by atomic mass is 9.97. The number of imide groups is 1. The summed E-state index contributed by atoms with van der Waals surface area (Å²) in [5, 5.41) is 1.07. The molecule has 8 heteroatoms. The van der Waals surface area contributed by atoms with Gasteiger partial charge in [0, 0.05) is 42.5 Å². The second-order valence-electron chi connectivity index (χ2n) is 8.45. The third-order valence-electron chi connectivity index (χ3n) is 6.56. The highest BCUT2D eigenvalue weighted by Gasteiger charge is 2.48. The van der Waals surface area contributed by atoms with Crippen LogP contribution in [0.3, 0.4) is 0 Å². The first kappa shape index (κ1) is 21.2. The Hall–Kier alpha value is -3.68. The molecule has 33 heavy (non-hydrogen) atoms. The molecule has 0 N–H and O–H groups in total. The first-order chi connectivity index (χ1) is 16.0. The Balaban J connectivity index is 1.45. The molecule has 2 aliphatic heterocycles.